The van der Waals surface area contributed by atoms with Crippen LogP contribution in [0, 0.1) is 5.41 Å². The number of thiophene rings is 1. The molecule has 2 aromatic rings. The van der Waals surface area contributed by atoms with Crippen molar-refractivity contribution in [3.63, 3.8) is 0 Å². The van der Waals surface area contributed by atoms with Crippen LogP contribution in [0.5, 0.6) is 0 Å². The van der Waals surface area contributed by atoms with Gasteiger partial charge in [0, 0.05) is 29.4 Å². The molecule has 0 bridgehead atoms. The highest BCUT2D eigenvalue weighted by molar-refractivity contribution is 7.17. The maximum absolute atomic E-state index is 9.00. The summed E-state index contributed by atoms with van der Waals surface area (Å²) in [5, 5.41) is 15.6. The summed E-state index contributed by atoms with van der Waals surface area (Å²) in [7, 11) is 0. The lowest BCUT2D eigenvalue weighted by Crippen LogP contribution is -2.24. The number of aliphatic hydroxyl groups is 1. The molecule has 0 saturated carbocycles. The molecule has 2 aromatic heterocycles. The largest absolute Gasteiger partial charge is 0.396 e. The highest BCUT2D eigenvalue weighted by atomic mass is 32.1. The molecular formula is C13H18N2OS. The number of nitrogens with zero attached hydrogens (tertiary/aromatic N) is 1. The van der Waals surface area contributed by atoms with Crippen LogP contribution in [-0.2, 0) is 0 Å². The van der Waals surface area contributed by atoms with Crippen LogP contribution in [0.3, 0.4) is 0 Å². The zero-order valence-electron chi connectivity index (χ0n) is 10.2. The number of anilines is 1. The lowest BCUT2D eigenvalue weighted by Gasteiger charge is -2.24. The van der Waals surface area contributed by atoms with Gasteiger partial charge in [0.15, 0.2) is 0 Å². The Labute approximate surface area is 106 Å². The van der Waals surface area contributed by atoms with Crippen LogP contribution < -0.4 is 5.32 Å². The molecule has 0 unspecified atom stereocenters. The molecule has 2 N–H and O–H groups in total. The number of fused-ring (bicyclic) bond motifs is 1. The lowest BCUT2D eigenvalue weighted by atomic mass is 9.90. The number of hydrogen-bond donors (Lipinski definition) is 2. The van der Waals surface area contributed by atoms with Gasteiger partial charge >= 0.3 is 0 Å². The third-order valence-electron chi connectivity index (χ3n) is 2.90. The van der Waals surface area contributed by atoms with E-state index in [-0.39, 0.29) is 12.0 Å². The molecule has 92 valence electrons. The summed E-state index contributed by atoms with van der Waals surface area (Å²) in [6.07, 6.45) is 2.62. The number of hydrogen-bond acceptors (Lipinski definition) is 4. The summed E-state index contributed by atoms with van der Waals surface area (Å²) in [5.41, 5.74) is 0.0780. The molecule has 0 saturated heterocycles. The van der Waals surface area contributed by atoms with Crippen molar-refractivity contribution in [1.82, 2.24) is 4.98 Å². The minimum atomic E-state index is 0.0780. The molecule has 0 atom stereocenters. The molecule has 0 aliphatic heterocycles. The summed E-state index contributed by atoms with van der Waals surface area (Å²) in [4.78, 5) is 4.38. The third kappa shape index (κ3) is 2.96. The normalized spacial score (nSPS) is 11.9. The van der Waals surface area contributed by atoms with Crippen LogP contribution in [0.25, 0.3) is 10.1 Å². The average Bonchev–Trinajstić information content (AvgIpc) is 2.74. The number of aromatic nitrogens is 1. The number of rotatable bonds is 5. The van der Waals surface area contributed by atoms with Crippen molar-refractivity contribution in [1.29, 1.82) is 0 Å². The Balaban J connectivity index is 2.11. The first-order chi connectivity index (χ1) is 8.12. The van der Waals surface area contributed by atoms with Gasteiger partial charge in [0.1, 0.15) is 5.82 Å². The van der Waals surface area contributed by atoms with Gasteiger partial charge in [-0.15, -0.1) is 11.3 Å². The summed E-state index contributed by atoms with van der Waals surface area (Å²) in [5.74, 6) is 0.940. The molecule has 2 heterocycles. The van der Waals surface area contributed by atoms with Crippen molar-refractivity contribution in [3.8, 4) is 0 Å². The van der Waals surface area contributed by atoms with Crippen molar-refractivity contribution in [3.05, 3.63) is 23.7 Å². The van der Waals surface area contributed by atoms with Crippen LogP contribution in [0.15, 0.2) is 23.7 Å². The van der Waals surface area contributed by atoms with E-state index >= 15 is 0 Å². The Kier molecular flexibility index (Phi) is 3.64. The second kappa shape index (κ2) is 5.02. The molecule has 0 aromatic carbocycles. The SMILES string of the molecule is CC(C)(CCO)CNc1nccc2sccc12. The monoisotopic (exact) mass is 250 g/mol. The van der Waals surface area contributed by atoms with Gasteiger partial charge in [-0.05, 0) is 29.3 Å². The van der Waals surface area contributed by atoms with E-state index < -0.39 is 0 Å². The molecule has 0 aliphatic rings. The van der Waals surface area contributed by atoms with Crippen LogP contribution in [0.1, 0.15) is 20.3 Å². The zero-order valence-corrected chi connectivity index (χ0v) is 11.0. The van der Waals surface area contributed by atoms with Crippen LogP contribution in [-0.4, -0.2) is 23.2 Å². The van der Waals surface area contributed by atoms with E-state index in [1.807, 2.05) is 12.3 Å². The van der Waals surface area contributed by atoms with Crippen molar-refractivity contribution >= 4 is 27.2 Å². The minimum Gasteiger partial charge on any atom is -0.396 e. The van der Waals surface area contributed by atoms with E-state index in [9.17, 15) is 0 Å². The van der Waals surface area contributed by atoms with Gasteiger partial charge in [-0.1, -0.05) is 13.8 Å². The summed E-state index contributed by atoms with van der Waals surface area (Å²) >= 11 is 1.73. The smallest absolute Gasteiger partial charge is 0.134 e. The Bertz CT molecular complexity index is 493. The van der Waals surface area contributed by atoms with Crippen molar-refractivity contribution in [2.24, 2.45) is 5.41 Å². The second-order valence-corrected chi connectivity index (χ2v) is 5.93. The van der Waals surface area contributed by atoms with Gasteiger partial charge < -0.3 is 10.4 Å². The van der Waals surface area contributed by atoms with E-state index in [1.165, 1.54) is 10.1 Å². The highest BCUT2D eigenvalue weighted by Crippen LogP contribution is 2.27. The van der Waals surface area contributed by atoms with Crippen LogP contribution in [0.2, 0.25) is 0 Å². The fourth-order valence-electron chi connectivity index (χ4n) is 1.75. The van der Waals surface area contributed by atoms with E-state index in [2.05, 4.69) is 35.6 Å². The van der Waals surface area contributed by atoms with Gasteiger partial charge in [0.2, 0.25) is 0 Å². The van der Waals surface area contributed by atoms with E-state index in [0.29, 0.717) is 0 Å². The molecular weight excluding hydrogens is 232 g/mol. The average molecular weight is 250 g/mol. The predicted octanol–water partition coefficient (Wildman–Crippen LogP) is 3.12. The standard InChI is InChI=1S/C13H18N2OS/c1-13(2,5-7-16)9-15-12-10-4-8-17-11(10)3-6-14-12/h3-4,6,8,16H,5,7,9H2,1-2H3,(H,14,15). The number of pyridine rings is 1. The summed E-state index contributed by atoms with van der Waals surface area (Å²) in [6.45, 7) is 5.33. The van der Waals surface area contributed by atoms with Gasteiger partial charge in [-0.3, -0.25) is 0 Å². The quantitative estimate of drug-likeness (QED) is 0.857. The van der Waals surface area contributed by atoms with Gasteiger partial charge in [-0.2, -0.15) is 0 Å². The molecule has 0 spiro atoms. The molecule has 2 rings (SSSR count). The Morgan fingerprint density at radius 3 is 3.00 bits per heavy atom. The summed E-state index contributed by atoms with van der Waals surface area (Å²) < 4.78 is 1.25. The first-order valence-corrected chi connectivity index (χ1v) is 6.67. The minimum absolute atomic E-state index is 0.0780. The molecule has 0 amide bonds. The Hall–Kier alpha value is -1.13. The fraction of sp³-hybridized carbons (Fsp3) is 0.462. The third-order valence-corrected chi connectivity index (χ3v) is 3.78. The van der Waals surface area contributed by atoms with Crippen molar-refractivity contribution in [2.45, 2.75) is 20.3 Å². The zero-order chi connectivity index (χ0) is 12.3. The molecule has 4 heteroatoms. The van der Waals surface area contributed by atoms with Crippen LogP contribution >= 0.6 is 11.3 Å². The highest BCUT2D eigenvalue weighted by Gasteiger charge is 2.17. The Morgan fingerprint density at radius 2 is 2.24 bits per heavy atom. The number of nitrogens with one attached hydrogen (secondary N) is 1. The second-order valence-electron chi connectivity index (χ2n) is 4.98. The van der Waals surface area contributed by atoms with E-state index in [4.69, 9.17) is 5.11 Å². The lowest BCUT2D eigenvalue weighted by molar-refractivity contribution is 0.220. The van der Waals surface area contributed by atoms with Crippen molar-refractivity contribution < 1.29 is 5.11 Å². The fourth-order valence-corrected chi connectivity index (χ4v) is 2.53. The van der Waals surface area contributed by atoms with Gasteiger partial charge in [0.05, 0.1) is 0 Å². The number of aliphatic hydroxyl groups excluding tert-OH is 1. The van der Waals surface area contributed by atoms with E-state index in [1.54, 1.807) is 11.3 Å². The summed E-state index contributed by atoms with van der Waals surface area (Å²) in [6, 6.07) is 4.12. The van der Waals surface area contributed by atoms with E-state index in [0.717, 1.165) is 18.8 Å². The predicted molar refractivity (Wildman–Crippen MR) is 73.6 cm³/mol. The first-order valence-electron chi connectivity index (χ1n) is 5.79. The van der Waals surface area contributed by atoms with Gasteiger partial charge in [-0.25, -0.2) is 4.98 Å². The molecule has 3 nitrogen and oxygen atoms in total. The molecule has 0 fully saturated rings. The Morgan fingerprint density at radius 1 is 1.41 bits per heavy atom. The molecule has 0 radical (unpaired) electrons. The maximum Gasteiger partial charge on any atom is 0.134 e. The topological polar surface area (TPSA) is 45.1 Å². The maximum atomic E-state index is 9.00. The van der Waals surface area contributed by atoms with Gasteiger partial charge in [0.25, 0.3) is 0 Å². The first kappa shape index (κ1) is 12.3. The van der Waals surface area contributed by atoms with Crippen LogP contribution in [0.4, 0.5) is 5.82 Å². The van der Waals surface area contributed by atoms with Crippen molar-refractivity contribution in [2.75, 3.05) is 18.5 Å². The molecule has 0 aliphatic carbocycles. The molecule has 17 heavy (non-hydrogen) atoms.